The van der Waals surface area contributed by atoms with Gasteiger partial charge in [-0.1, -0.05) is 18.7 Å². The Morgan fingerprint density at radius 3 is 2.79 bits per heavy atom. The van der Waals surface area contributed by atoms with Gasteiger partial charge in [0.15, 0.2) is 10.9 Å². The quantitative estimate of drug-likeness (QED) is 0.550. The Morgan fingerprint density at radius 2 is 2.14 bits per heavy atom. The van der Waals surface area contributed by atoms with Gasteiger partial charge in [-0.2, -0.15) is 0 Å². The van der Waals surface area contributed by atoms with Crippen molar-refractivity contribution in [2.24, 2.45) is 0 Å². The van der Waals surface area contributed by atoms with Gasteiger partial charge in [0, 0.05) is 6.42 Å². The molecule has 1 heterocycles. The van der Waals surface area contributed by atoms with E-state index in [-0.39, 0.29) is 5.78 Å². The highest BCUT2D eigenvalue weighted by Gasteiger charge is 2.25. The molecule has 0 saturated heterocycles. The van der Waals surface area contributed by atoms with Gasteiger partial charge in [0.2, 0.25) is 0 Å². The molecule has 0 spiro atoms. The molecule has 1 aromatic heterocycles. The zero-order chi connectivity index (χ0) is 10.1. The highest BCUT2D eigenvalue weighted by atomic mass is 32.2. The fraction of sp³-hybridized carbons (Fsp3) is 0.500. The molecule has 0 atom stereocenters. The van der Waals surface area contributed by atoms with E-state index in [1.165, 1.54) is 11.8 Å². The molecule has 0 N–H and O–H groups in total. The van der Waals surface area contributed by atoms with Crippen molar-refractivity contribution in [3.63, 3.8) is 0 Å². The van der Waals surface area contributed by atoms with Crippen LogP contribution in [0, 0.1) is 0 Å². The molecule has 1 aliphatic rings. The molecule has 0 amide bonds. The Morgan fingerprint density at radius 1 is 1.36 bits per heavy atom. The number of carbonyl (C=O) groups is 1. The second-order valence-corrected chi connectivity index (χ2v) is 4.03. The summed E-state index contributed by atoms with van der Waals surface area (Å²) in [4.78, 5) is 20.3. The minimum Gasteiger partial charge on any atom is -0.294 e. The Kier molecular flexibility index (Phi) is 2.54. The predicted octanol–water partition coefficient (Wildman–Crippen LogP) is 1.89. The van der Waals surface area contributed by atoms with Crippen LogP contribution in [0.4, 0.5) is 0 Å². The third-order valence-corrected chi connectivity index (χ3v) is 2.97. The molecule has 0 aliphatic heterocycles. The lowest BCUT2D eigenvalue weighted by Gasteiger charge is -2.05. The fourth-order valence-corrected chi connectivity index (χ4v) is 2.14. The molecule has 14 heavy (non-hydrogen) atoms. The lowest BCUT2D eigenvalue weighted by molar-refractivity contribution is 0.0993. The first-order valence-electron chi connectivity index (χ1n) is 4.73. The van der Waals surface area contributed by atoms with E-state index in [0.29, 0.717) is 6.42 Å². The summed E-state index contributed by atoms with van der Waals surface area (Å²) in [5, 5.41) is 0.787. The number of rotatable bonds is 2. The van der Waals surface area contributed by atoms with Crippen molar-refractivity contribution < 1.29 is 4.79 Å². The third kappa shape index (κ3) is 1.43. The summed E-state index contributed by atoms with van der Waals surface area (Å²) in [7, 11) is 0. The van der Waals surface area contributed by atoms with E-state index in [1.54, 1.807) is 0 Å². The topological polar surface area (TPSA) is 42.9 Å². The maximum atomic E-state index is 11.6. The van der Waals surface area contributed by atoms with Gasteiger partial charge in [0.05, 0.1) is 17.0 Å². The first-order chi connectivity index (χ1) is 6.76. The van der Waals surface area contributed by atoms with Gasteiger partial charge in [0.1, 0.15) is 0 Å². The average molecular weight is 208 g/mol. The predicted molar refractivity (Wildman–Crippen MR) is 55.8 cm³/mol. The standard InChI is InChI=1S/C10H12N2OS/c1-3-6-9-7(4-5-8(9)13)12-10(11-6)14-2/h3-5H2,1-2H3. The summed E-state index contributed by atoms with van der Waals surface area (Å²) >= 11 is 1.53. The van der Waals surface area contributed by atoms with Crippen molar-refractivity contribution in [2.75, 3.05) is 6.26 Å². The molecule has 1 aromatic rings. The number of fused-ring (bicyclic) bond motifs is 1. The minimum absolute atomic E-state index is 0.213. The molecule has 0 saturated carbocycles. The largest absolute Gasteiger partial charge is 0.294 e. The van der Waals surface area contributed by atoms with E-state index < -0.39 is 0 Å². The molecule has 2 rings (SSSR count). The first-order valence-corrected chi connectivity index (χ1v) is 5.95. The third-order valence-electron chi connectivity index (χ3n) is 2.42. The lowest BCUT2D eigenvalue weighted by Crippen LogP contribution is -2.04. The summed E-state index contributed by atoms with van der Waals surface area (Å²) in [6, 6.07) is 0. The Labute approximate surface area is 87.3 Å². The molecule has 3 nitrogen and oxygen atoms in total. The summed E-state index contributed by atoms with van der Waals surface area (Å²) in [5.41, 5.74) is 2.67. The van der Waals surface area contributed by atoms with Crippen LogP contribution in [-0.4, -0.2) is 22.0 Å². The fourth-order valence-electron chi connectivity index (χ4n) is 1.74. The van der Waals surface area contributed by atoms with Crippen LogP contribution in [-0.2, 0) is 12.8 Å². The summed E-state index contributed by atoms with van der Waals surface area (Å²) in [6.07, 6.45) is 4.16. The molecule has 0 radical (unpaired) electrons. The number of Topliss-reactive ketones (excluding diaryl/α,β-unsaturated/α-hetero) is 1. The van der Waals surface area contributed by atoms with Crippen LogP contribution >= 0.6 is 11.8 Å². The van der Waals surface area contributed by atoms with Crippen LogP contribution < -0.4 is 0 Å². The van der Waals surface area contributed by atoms with E-state index >= 15 is 0 Å². The van der Waals surface area contributed by atoms with E-state index in [0.717, 1.165) is 34.9 Å². The van der Waals surface area contributed by atoms with Crippen LogP contribution in [0.25, 0.3) is 0 Å². The number of nitrogens with zero attached hydrogens (tertiary/aromatic N) is 2. The molecule has 0 unspecified atom stereocenters. The van der Waals surface area contributed by atoms with Crippen LogP contribution in [0.5, 0.6) is 0 Å². The van der Waals surface area contributed by atoms with Crippen LogP contribution in [0.3, 0.4) is 0 Å². The van der Waals surface area contributed by atoms with Crippen molar-refractivity contribution in [1.29, 1.82) is 0 Å². The molecule has 0 aromatic carbocycles. The number of aromatic nitrogens is 2. The SMILES string of the molecule is CCc1nc(SC)nc2c1C(=O)CC2. The highest BCUT2D eigenvalue weighted by Crippen LogP contribution is 2.25. The lowest BCUT2D eigenvalue weighted by atomic mass is 10.1. The maximum absolute atomic E-state index is 11.6. The maximum Gasteiger partial charge on any atom is 0.187 e. The smallest absolute Gasteiger partial charge is 0.187 e. The second-order valence-electron chi connectivity index (χ2n) is 3.26. The minimum atomic E-state index is 0.213. The van der Waals surface area contributed by atoms with Crippen molar-refractivity contribution in [1.82, 2.24) is 9.97 Å². The van der Waals surface area contributed by atoms with Crippen LogP contribution in [0.2, 0.25) is 0 Å². The van der Waals surface area contributed by atoms with Gasteiger partial charge >= 0.3 is 0 Å². The van der Waals surface area contributed by atoms with Crippen LogP contribution in [0.15, 0.2) is 5.16 Å². The number of thioether (sulfide) groups is 1. The summed E-state index contributed by atoms with van der Waals surface area (Å²) in [6.45, 7) is 2.03. The van der Waals surface area contributed by atoms with Gasteiger partial charge in [-0.15, -0.1) is 0 Å². The number of ketones is 1. The molecular formula is C10H12N2OS. The Balaban J connectivity index is 2.58. The second kappa shape index (κ2) is 3.69. The van der Waals surface area contributed by atoms with Crippen molar-refractivity contribution in [3.8, 4) is 0 Å². The molecular weight excluding hydrogens is 196 g/mol. The first kappa shape index (κ1) is 9.65. The van der Waals surface area contributed by atoms with Gasteiger partial charge in [-0.3, -0.25) is 4.79 Å². The molecule has 74 valence electrons. The van der Waals surface area contributed by atoms with Gasteiger partial charge < -0.3 is 0 Å². The summed E-state index contributed by atoms with van der Waals surface area (Å²) in [5.74, 6) is 0.213. The van der Waals surface area contributed by atoms with E-state index in [4.69, 9.17) is 0 Å². The van der Waals surface area contributed by atoms with Gasteiger partial charge in [-0.05, 0) is 19.1 Å². The van der Waals surface area contributed by atoms with Crippen LogP contribution in [0.1, 0.15) is 35.1 Å². The van der Waals surface area contributed by atoms with E-state index in [9.17, 15) is 4.79 Å². The molecule has 0 fully saturated rings. The molecule has 1 aliphatic carbocycles. The van der Waals surface area contributed by atoms with Gasteiger partial charge in [-0.25, -0.2) is 9.97 Å². The summed E-state index contributed by atoms with van der Waals surface area (Å²) < 4.78 is 0. The normalized spacial score (nSPS) is 14.6. The molecule has 4 heteroatoms. The number of hydrogen-bond donors (Lipinski definition) is 0. The van der Waals surface area contributed by atoms with Crippen molar-refractivity contribution >= 4 is 17.5 Å². The van der Waals surface area contributed by atoms with Crippen molar-refractivity contribution in [2.45, 2.75) is 31.3 Å². The average Bonchev–Trinajstić information content (AvgIpc) is 2.59. The number of hydrogen-bond acceptors (Lipinski definition) is 4. The van der Waals surface area contributed by atoms with Crippen molar-refractivity contribution in [3.05, 3.63) is 17.0 Å². The number of aryl methyl sites for hydroxylation is 2. The zero-order valence-electron chi connectivity index (χ0n) is 8.33. The highest BCUT2D eigenvalue weighted by molar-refractivity contribution is 7.98. The van der Waals surface area contributed by atoms with E-state index in [1.807, 2.05) is 13.2 Å². The molecule has 0 bridgehead atoms. The van der Waals surface area contributed by atoms with Gasteiger partial charge in [0.25, 0.3) is 0 Å². The zero-order valence-corrected chi connectivity index (χ0v) is 9.15. The number of carbonyl (C=O) groups excluding carboxylic acids is 1. The Hall–Kier alpha value is -0.900. The van der Waals surface area contributed by atoms with E-state index in [2.05, 4.69) is 9.97 Å². The Bertz CT molecular complexity index is 390. The monoisotopic (exact) mass is 208 g/mol.